The van der Waals surface area contributed by atoms with E-state index in [0.29, 0.717) is 0 Å². The summed E-state index contributed by atoms with van der Waals surface area (Å²) >= 11 is 0. The number of benzene rings is 1. The molecule has 4 aliphatic rings. The number of imide groups is 1. The van der Waals surface area contributed by atoms with E-state index in [1.807, 2.05) is 36.4 Å². The molecule has 2 fully saturated rings. The summed E-state index contributed by atoms with van der Waals surface area (Å²) in [5, 5.41) is 5.20. The van der Waals surface area contributed by atoms with Gasteiger partial charge < -0.3 is 0 Å². The Morgan fingerprint density at radius 1 is 0.957 bits per heavy atom. The second kappa shape index (κ2) is 5.61. The number of amides is 2. The summed E-state index contributed by atoms with van der Waals surface area (Å²) in [7, 11) is 0. The smallest absolute Gasteiger partial charge is 0.254 e. The molecule has 3 aliphatic carbocycles. The van der Waals surface area contributed by atoms with Gasteiger partial charge >= 0.3 is 0 Å². The number of hydrogen-bond acceptors (Lipinski definition) is 3. The highest BCUT2D eigenvalue weighted by atomic mass is 16.2. The fourth-order valence-electron chi connectivity index (χ4n) is 4.00. The minimum atomic E-state index is -0.193. The van der Waals surface area contributed by atoms with Crippen LogP contribution in [0.4, 0.5) is 0 Å². The van der Waals surface area contributed by atoms with Crippen molar-refractivity contribution in [3.05, 3.63) is 54.1 Å². The number of allylic oxidation sites excluding steroid dienone is 3. The zero-order valence-electron chi connectivity index (χ0n) is 12.7. The van der Waals surface area contributed by atoms with Crippen molar-refractivity contribution in [2.45, 2.75) is 12.8 Å². The van der Waals surface area contributed by atoms with E-state index in [0.717, 1.165) is 23.4 Å². The number of carbonyl (C=O) groups is 2. The third-order valence-electron chi connectivity index (χ3n) is 5.09. The first-order valence-electron chi connectivity index (χ1n) is 8.07. The molecule has 0 aromatic heterocycles. The number of fused-ring (bicyclic) bond motifs is 1. The molecule has 2 amide bonds. The molecule has 1 heterocycles. The van der Waals surface area contributed by atoms with Gasteiger partial charge in [-0.15, -0.1) is 0 Å². The molecule has 5 rings (SSSR count). The van der Waals surface area contributed by atoms with Gasteiger partial charge in [0.25, 0.3) is 11.8 Å². The molecular formula is C19H18N2O2. The highest BCUT2D eigenvalue weighted by molar-refractivity contribution is 6.06. The summed E-state index contributed by atoms with van der Waals surface area (Å²) in [6.07, 6.45) is 11.4. The highest BCUT2D eigenvalue weighted by Crippen LogP contribution is 2.49. The van der Waals surface area contributed by atoms with Gasteiger partial charge in [-0.2, -0.15) is 10.1 Å². The Morgan fingerprint density at radius 2 is 1.57 bits per heavy atom. The lowest BCUT2D eigenvalue weighted by Gasteiger charge is -2.37. The van der Waals surface area contributed by atoms with Crippen molar-refractivity contribution in [1.29, 1.82) is 0 Å². The average Bonchev–Trinajstić information content (AvgIpc) is 2.87. The molecule has 0 unspecified atom stereocenters. The summed E-state index contributed by atoms with van der Waals surface area (Å²) < 4.78 is 0. The number of hydrogen-bond donors (Lipinski definition) is 0. The lowest BCUT2D eigenvalue weighted by molar-refractivity contribution is -0.140. The van der Waals surface area contributed by atoms with Crippen LogP contribution in [-0.2, 0) is 9.59 Å². The van der Waals surface area contributed by atoms with Crippen LogP contribution in [-0.4, -0.2) is 23.0 Å². The largest absolute Gasteiger partial charge is 0.272 e. The summed E-state index contributed by atoms with van der Waals surface area (Å²) in [6.45, 7) is 0. The van der Waals surface area contributed by atoms with Crippen LogP contribution in [0.5, 0.6) is 0 Å². The average molecular weight is 306 g/mol. The fraction of sp³-hybridized carbons (Fsp3) is 0.316. The minimum Gasteiger partial charge on any atom is -0.272 e. The van der Waals surface area contributed by atoms with E-state index < -0.39 is 0 Å². The Hall–Kier alpha value is -2.49. The summed E-state index contributed by atoms with van der Waals surface area (Å²) in [5.74, 6) is -0.238. The second-order valence-corrected chi connectivity index (χ2v) is 6.36. The molecule has 1 saturated heterocycles. The van der Waals surface area contributed by atoms with Crippen LogP contribution in [0.3, 0.4) is 0 Å². The maximum atomic E-state index is 12.5. The van der Waals surface area contributed by atoms with Gasteiger partial charge in [0.15, 0.2) is 0 Å². The summed E-state index contributed by atoms with van der Waals surface area (Å²) in [4.78, 5) is 25.1. The quantitative estimate of drug-likeness (QED) is 0.490. The van der Waals surface area contributed by atoms with Crippen LogP contribution in [0.2, 0.25) is 0 Å². The van der Waals surface area contributed by atoms with Crippen molar-refractivity contribution < 1.29 is 9.59 Å². The SMILES string of the molecule is O=C1[C@H]2[C@H](C(=O)N1/N=C\C=C\c1ccccc1)[C@H]1C=C[C@H]2CC1. The standard InChI is InChI=1S/C19H18N2O2/c22-18-16-14-8-9-15(11-10-14)17(16)19(23)21(18)20-12-4-7-13-5-2-1-3-6-13/h1-9,12,14-17H,10-11H2/b7-4+,20-12-/t14-,15-,16+,17+/m0/s1. The van der Waals surface area contributed by atoms with Crippen molar-refractivity contribution in [1.82, 2.24) is 5.01 Å². The first-order chi connectivity index (χ1) is 11.3. The first-order valence-corrected chi connectivity index (χ1v) is 8.07. The van der Waals surface area contributed by atoms with Crippen LogP contribution >= 0.6 is 0 Å². The zero-order chi connectivity index (χ0) is 15.8. The van der Waals surface area contributed by atoms with E-state index in [1.165, 1.54) is 6.21 Å². The normalized spacial score (nSPS) is 32.4. The molecule has 0 radical (unpaired) electrons. The van der Waals surface area contributed by atoms with Crippen LogP contribution < -0.4 is 0 Å². The van der Waals surface area contributed by atoms with E-state index in [2.05, 4.69) is 17.3 Å². The number of carbonyl (C=O) groups excluding carboxylic acids is 2. The maximum Gasteiger partial charge on any atom is 0.254 e. The Kier molecular flexibility index (Phi) is 3.45. The fourth-order valence-corrected chi connectivity index (χ4v) is 4.00. The molecule has 4 atom stereocenters. The Morgan fingerprint density at radius 3 is 2.13 bits per heavy atom. The molecule has 116 valence electrons. The zero-order valence-corrected chi connectivity index (χ0v) is 12.7. The minimum absolute atomic E-state index is 0.136. The molecule has 2 bridgehead atoms. The third-order valence-corrected chi connectivity index (χ3v) is 5.09. The molecule has 0 spiro atoms. The molecule has 23 heavy (non-hydrogen) atoms. The van der Waals surface area contributed by atoms with Gasteiger partial charge in [0, 0.05) is 6.21 Å². The molecule has 4 heteroatoms. The molecular weight excluding hydrogens is 288 g/mol. The Balaban J connectivity index is 1.50. The molecule has 0 N–H and O–H groups in total. The van der Waals surface area contributed by atoms with Crippen LogP contribution in [0.25, 0.3) is 6.08 Å². The predicted octanol–water partition coefficient (Wildman–Crippen LogP) is 2.88. The Labute approximate surface area is 135 Å². The van der Waals surface area contributed by atoms with Crippen LogP contribution in [0.15, 0.2) is 53.7 Å². The van der Waals surface area contributed by atoms with Gasteiger partial charge in [-0.1, -0.05) is 48.6 Å². The van der Waals surface area contributed by atoms with E-state index in [4.69, 9.17) is 0 Å². The first kappa shape index (κ1) is 14.1. The lowest BCUT2D eigenvalue weighted by Crippen LogP contribution is -2.38. The topological polar surface area (TPSA) is 49.7 Å². The molecule has 1 saturated carbocycles. The van der Waals surface area contributed by atoms with E-state index in [1.54, 1.807) is 6.08 Å². The Bertz CT molecular complexity index is 688. The molecule has 1 aromatic carbocycles. The highest BCUT2D eigenvalue weighted by Gasteiger charge is 2.56. The maximum absolute atomic E-state index is 12.5. The summed E-state index contributed by atoms with van der Waals surface area (Å²) in [5.41, 5.74) is 1.05. The van der Waals surface area contributed by atoms with Gasteiger partial charge in [0.05, 0.1) is 11.8 Å². The van der Waals surface area contributed by atoms with Crippen LogP contribution in [0, 0.1) is 23.7 Å². The number of rotatable bonds is 3. The molecule has 1 aromatic rings. The molecule has 1 aliphatic heterocycles. The van der Waals surface area contributed by atoms with Gasteiger partial charge in [0.1, 0.15) is 0 Å². The van der Waals surface area contributed by atoms with E-state index >= 15 is 0 Å². The van der Waals surface area contributed by atoms with Crippen molar-refractivity contribution >= 4 is 24.1 Å². The van der Waals surface area contributed by atoms with Crippen LogP contribution in [0.1, 0.15) is 18.4 Å². The van der Waals surface area contributed by atoms with Gasteiger partial charge in [0.2, 0.25) is 0 Å². The monoisotopic (exact) mass is 306 g/mol. The number of nitrogens with zero attached hydrogens (tertiary/aromatic N) is 2. The van der Waals surface area contributed by atoms with Gasteiger partial charge in [-0.25, -0.2) is 0 Å². The van der Waals surface area contributed by atoms with E-state index in [9.17, 15) is 9.59 Å². The lowest BCUT2D eigenvalue weighted by atomic mass is 9.63. The van der Waals surface area contributed by atoms with E-state index in [-0.39, 0.29) is 35.5 Å². The molecule has 4 nitrogen and oxygen atoms in total. The van der Waals surface area contributed by atoms with Crippen molar-refractivity contribution in [2.75, 3.05) is 0 Å². The van der Waals surface area contributed by atoms with Gasteiger partial charge in [-0.05, 0) is 36.3 Å². The van der Waals surface area contributed by atoms with Crippen molar-refractivity contribution in [3.63, 3.8) is 0 Å². The predicted molar refractivity (Wildman–Crippen MR) is 88.2 cm³/mol. The van der Waals surface area contributed by atoms with Gasteiger partial charge in [-0.3, -0.25) is 9.59 Å². The second-order valence-electron chi connectivity index (χ2n) is 6.36. The third kappa shape index (κ3) is 2.34. The number of hydrazone groups is 1. The summed E-state index contributed by atoms with van der Waals surface area (Å²) in [6, 6.07) is 9.83. The van der Waals surface area contributed by atoms with Crippen molar-refractivity contribution in [3.8, 4) is 0 Å². The van der Waals surface area contributed by atoms with Crippen molar-refractivity contribution in [2.24, 2.45) is 28.8 Å².